The van der Waals surface area contributed by atoms with Crippen LogP contribution in [0.3, 0.4) is 0 Å². The summed E-state index contributed by atoms with van der Waals surface area (Å²) in [5, 5.41) is 0. The number of carbonyl (C=O) groups excluding carboxylic acids is 1. The Labute approximate surface area is 130 Å². The first kappa shape index (κ1) is 15.0. The van der Waals surface area contributed by atoms with Crippen LogP contribution in [-0.4, -0.2) is 11.6 Å². The third-order valence-corrected chi connectivity index (χ3v) is 4.86. The average molecular weight is 299 g/mol. The number of benzene rings is 1. The average Bonchev–Trinajstić information content (AvgIpc) is 2.54. The lowest BCUT2D eigenvalue weighted by Gasteiger charge is -2.36. The fourth-order valence-corrected chi connectivity index (χ4v) is 3.63. The lowest BCUT2D eigenvalue weighted by molar-refractivity contribution is -0.117. The summed E-state index contributed by atoms with van der Waals surface area (Å²) in [7, 11) is 0. The Kier molecular flexibility index (Phi) is 4.14. The Bertz CT molecular complexity index is 634. The molecule has 0 saturated heterocycles. The molecule has 0 aromatic heterocycles. The highest BCUT2D eigenvalue weighted by Crippen LogP contribution is 2.45. The quantitative estimate of drug-likeness (QED) is 0.898. The molecule has 116 valence electrons. The molecule has 2 N–H and O–H groups in total. The van der Waals surface area contributed by atoms with E-state index in [9.17, 15) is 4.79 Å². The predicted octanol–water partition coefficient (Wildman–Crippen LogP) is 3.97. The number of rotatable bonds is 4. The highest BCUT2D eigenvalue weighted by molar-refractivity contribution is 5.74. The van der Waals surface area contributed by atoms with Gasteiger partial charge in [0.15, 0.2) is 0 Å². The third-order valence-electron chi connectivity index (χ3n) is 4.86. The fourth-order valence-electron chi connectivity index (χ4n) is 3.63. The molecule has 22 heavy (non-hydrogen) atoms. The van der Waals surface area contributed by atoms with Gasteiger partial charge in [0.2, 0.25) is 5.91 Å². The predicted molar refractivity (Wildman–Crippen MR) is 86.2 cm³/mol. The van der Waals surface area contributed by atoms with Crippen LogP contribution in [0.15, 0.2) is 48.1 Å². The Morgan fingerprint density at radius 3 is 2.91 bits per heavy atom. The maximum Gasteiger partial charge on any atom is 0.217 e. The molecule has 2 nitrogen and oxygen atoms in total. The zero-order chi connectivity index (χ0) is 15.6. The molecule has 0 spiro atoms. The van der Waals surface area contributed by atoms with Crippen LogP contribution in [-0.2, 0) is 11.2 Å². The monoisotopic (exact) mass is 299 g/mol. The second-order valence-electron chi connectivity index (χ2n) is 6.35. The number of alkyl halides is 1. The fraction of sp³-hybridized carbons (Fsp3) is 0.421. The maximum atomic E-state index is 15.5. The lowest BCUT2D eigenvalue weighted by atomic mass is 9.71. The van der Waals surface area contributed by atoms with Crippen LogP contribution in [0.2, 0.25) is 0 Å². The van der Waals surface area contributed by atoms with Gasteiger partial charge in [-0.3, -0.25) is 4.79 Å². The van der Waals surface area contributed by atoms with E-state index in [1.807, 2.05) is 24.3 Å². The number of hydrogen-bond acceptors (Lipinski definition) is 1. The number of primary amides is 1. The van der Waals surface area contributed by atoms with E-state index in [4.69, 9.17) is 5.73 Å². The van der Waals surface area contributed by atoms with Gasteiger partial charge in [-0.15, -0.1) is 0 Å². The van der Waals surface area contributed by atoms with Gasteiger partial charge in [-0.2, -0.15) is 0 Å². The molecule has 0 aliphatic heterocycles. The molecule has 0 saturated carbocycles. The van der Waals surface area contributed by atoms with Crippen LogP contribution >= 0.6 is 0 Å². The summed E-state index contributed by atoms with van der Waals surface area (Å²) < 4.78 is 15.5. The van der Waals surface area contributed by atoms with E-state index in [1.165, 1.54) is 5.56 Å². The Hall–Kier alpha value is -1.90. The summed E-state index contributed by atoms with van der Waals surface area (Å²) in [6.07, 6.45) is 9.76. The van der Waals surface area contributed by atoms with Crippen molar-refractivity contribution in [1.29, 1.82) is 0 Å². The standard InChI is InChI=1S/C19H22FNO/c20-19(12-10-14(11-13-19)8-9-18(21)22)17-7-3-5-15-4-1-2-6-16(15)17/h1-2,4,6,10-12,17H,3,5,7-9,13H2,(H2,21,22). The van der Waals surface area contributed by atoms with Gasteiger partial charge in [-0.05, 0) is 42.9 Å². The summed E-state index contributed by atoms with van der Waals surface area (Å²) in [6.45, 7) is 0. The molecular weight excluding hydrogens is 277 g/mol. The van der Waals surface area contributed by atoms with Crippen LogP contribution in [0, 0.1) is 0 Å². The first-order valence-electron chi connectivity index (χ1n) is 8.02. The third kappa shape index (κ3) is 2.99. The van der Waals surface area contributed by atoms with Crippen LogP contribution in [0.4, 0.5) is 4.39 Å². The van der Waals surface area contributed by atoms with Crippen molar-refractivity contribution in [2.75, 3.05) is 0 Å². The number of halogens is 1. The summed E-state index contributed by atoms with van der Waals surface area (Å²) in [6, 6.07) is 8.22. The minimum Gasteiger partial charge on any atom is -0.370 e. The van der Waals surface area contributed by atoms with Crippen molar-refractivity contribution in [3.05, 3.63) is 59.2 Å². The molecule has 3 heteroatoms. The van der Waals surface area contributed by atoms with E-state index in [2.05, 4.69) is 12.1 Å². The largest absolute Gasteiger partial charge is 0.370 e. The van der Waals surface area contributed by atoms with Gasteiger partial charge >= 0.3 is 0 Å². The molecule has 0 radical (unpaired) electrons. The number of amides is 1. The molecule has 1 aromatic carbocycles. The van der Waals surface area contributed by atoms with Crippen LogP contribution in [0.1, 0.15) is 49.1 Å². The Morgan fingerprint density at radius 2 is 2.18 bits per heavy atom. The Balaban J connectivity index is 1.77. The van der Waals surface area contributed by atoms with Gasteiger partial charge in [0, 0.05) is 18.8 Å². The minimum absolute atomic E-state index is 0.0670. The molecule has 2 aliphatic rings. The summed E-state index contributed by atoms with van der Waals surface area (Å²) in [5.41, 5.74) is 7.31. The van der Waals surface area contributed by atoms with E-state index in [0.717, 1.165) is 30.4 Å². The molecule has 2 unspecified atom stereocenters. The SMILES string of the molecule is NC(=O)CCC1=CCC(F)(C2CCCc3ccccc32)C=C1. The van der Waals surface area contributed by atoms with Crippen molar-refractivity contribution in [2.24, 2.45) is 5.73 Å². The number of aryl methyl sites for hydroxylation is 1. The van der Waals surface area contributed by atoms with Gasteiger partial charge in [0.1, 0.15) is 5.67 Å². The first-order valence-corrected chi connectivity index (χ1v) is 8.02. The van der Waals surface area contributed by atoms with Gasteiger partial charge in [0.05, 0.1) is 0 Å². The van der Waals surface area contributed by atoms with Crippen molar-refractivity contribution in [3.8, 4) is 0 Å². The van der Waals surface area contributed by atoms with E-state index in [1.54, 1.807) is 6.08 Å². The second kappa shape index (κ2) is 6.07. The van der Waals surface area contributed by atoms with Crippen LogP contribution in [0.25, 0.3) is 0 Å². The smallest absolute Gasteiger partial charge is 0.217 e. The summed E-state index contributed by atoms with van der Waals surface area (Å²) >= 11 is 0. The first-order chi connectivity index (χ1) is 10.6. The molecule has 2 aliphatic carbocycles. The molecule has 0 heterocycles. The highest BCUT2D eigenvalue weighted by Gasteiger charge is 2.40. The van der Waals surface area contributed by atoms with E-state index >= 15 is 4.39 Å². The highest BCUT2D eigenvalue weighted by atomic mass is 19.1. The molecule has 1 aromatic rings. The molecule has 2 atom stereocenters. The summed E-state index contributed by atoms with van der Waals surface area (Å²) in [4.78, 5) is 10.9. The molecular formula is C19H22FNO. The Morgan fingerprint density at radius 1 is 1.36 bits per heavy atom. The van der Waals surface area contributed by atoms with E-state index < -0.39 is 5.67 Å². The number of carbonyl (C=O) groups is 1. The lowest BCUT2D eigenvalue weighted by Crippen LogP contribution is -2.32. The van der Waals surface area contributed by atoms with Crippen molar-refractivity contribution in [3.63, 3.8) is 0 Å². The normalized spacial score (nSPS) is 27.1. The number of hydrogen-bond donors (Lipinski definition) is 1. The van der Waals surface area contributed by atoms with Gasteiger partial charge < -0.3 is 5.73 Å². The van der Waals surface area contributed by atoms with Gasteiger partial charge in [-0.1, -0.05) is 42.0 Å². The van der Waals surface area contributed by atoms with Gasteiger partial charge in [0.25, 0.3) is 0 Å². The number of fused-ring (bicyclic) bond motifs is 1. The van der Waals surface area contributed by atoms with Crippen molar-refractivity contribution < 1.29 is 9.18 Å². The molecule has 0 bridgehead atoms. The van der Waals surface area contributed by atoms with Crippen molar-refractivity contribution in [1.82, 2.24) is 0 Å². The van der Waals surface area contributed by atoms with Crippen LogP contribution < -0.4 is 5.73 Å². The van der Waals surface area contributed by atoms with E-state index in [-0.39, 0.29) is 11.8 Å². The minimum atomic E-state index is -1.31. The zero-order valence-electron chi connectivity index (χ0n) is 12.7. The number of allylic oxidation sites excluding steroid dienone is 4. The molecule has 3 rings (SSSR count). The summed E-state index contributed by atoms with van der Waals surface area (Å²) in [5.74, 6) is -0.379. The van der Waals surface area contributed by atoms with Crippen molar-refractivity contribution in [2.45, 2.75) is 50.1 Å². The van der Waals surface area contributed by atoms with E-state index in [0.29, 0.717) is 19.3 Å². The number of nitrogens with two attached hydrogens (primary N) is 1. The van der Waals surface area contributed by atoms with Crippen LogP contribution in [0.5, 0.6) is 0 Å². The van der Waals surface area contributed by atoms with Crippen molar-refractivity contribution >= 4 is 5.91 Å². The maximum absolute atomic E-state index is 15.5. The zero-order valence-corrected chi connectivity index (χ0v) is 12.7. The molecule has 0 fully saturated rings. The van der Waals surface area contributed by atoms with Gasteiger partial charge in [-0.25, -0.2) is 4.39 Å². The molecule has 1 amide bonds. The topological polar surface area (TPSA) is 43.1 Å². The second-order valence-corrected chi connectivity index (χ2v) is 6.35.